The van der Waals surface area contributed by atoms with Gasteiger partial charge >= 0.3 is 0 Å². The molecule has 0 heterocycles. The minimum Gasteiger partial charge on any atom is -0.393 e. The van der Waals surface area contributed by atoms with Crippen LogP contribution in [0, 0.1) is 47.3 Å². The van der Waals surface area contributed by atoms with Crippen LogP contribution in [0.15, 0.2) is 0 Å². The van der Waals surface area contributed by atoms with Gasteiger partial charge in [-0.2, -0.15) is 0 Å². The van der Waals surface area contributed by atoms with E-state index < -0.39 is 0 Å². The fourth-order valence-electron chi connectivity index (χ4n) is 9.39. The molecule has 5 aliphatic rings. The summed E-state index contributed by atoms with van der Waals surface area (Å²) in [5.41, 5.74) is 0. The summed E-state index contributed by atoms with van der Waals surface area (Å²) in [6, 6.07) is 0. The first kappa shape index (κ1) is 19.0. The number of aliphatic hydroxyl groups excluding tert-OH is 1. The van der Waals surface area contributed by atoms with Crippen molar-refractivity contribution >= 4 is 0 Å². The van der Waals surface area contributed by atoms with Crippen LogP contribution in [0.25, 0.3) is 0 Å². The molecule has 0 amide bonds. The fraction of sp³-hybridized carbons (Fsp3) is 1.00. The fourth-order valence-corrected chi connectivity index (χ4v) is 9.39. The zero-order valence-electron chi connectivity index (χ0n) is 17.7. The second-order valence-corrected chi connectivity index (χ2v) is 11.4. The molecule has 6 atom stereocenters. The number of hydrogen-bond acceptors (Lipinski definition) is 1. The normalized spacial score (nSPS) is 49.2. The van der Waals surface area contributed by atoms with Gasteiger partial charge in [0.2, 0.25) is 0 Å². The molecule has 5 aliphatic carbocycles. The topological polar surface area (TPSA) is 20.2 Å². The lowest BCUT2D eigenvalue weighted by molar-refractivity contribution is -0.117. The lowest BCUT2D eigenvalue weighted by atomic mass is 9.45. The van der Waals surface area contributed by atoms with Crippen molar-refractivity contribution in [2.45, 2.75) is 115 Å². The number of aliphatic hydroxyl groups is 1. The van der Waals surface area contributed by atoms with E-state index in [4.69, 9.17) is 0 Å². The van der Waals surface area contributed by atoms with E-state index in [1.165, 1.54) is 70.6 Å². The highest BCUT2D eigenvalue weighted by atomic mass is 16.3. The summed E-state index contributed by atoms with van der Waals surface area (Å²) in [5, 5.41) is 10.5. The molecule has 5 fully saturated rings. The summed E-state index contributed by atoms with van der Waals surface area (Å²) in [4.78, 5) is 0. The summed E-state index contributed by atoms with van der Waals surface area (Å²) in [7, 11) is 0. The molecule has 0 aromatic heterocycles. The zero-order valence-corrected chi connectivity index (χ0v) is 17.7. The molecule has 0 aromatic carbocycles. The van der Waals surface area contributed by atoms with Gasteiger partial charge in [-0.05, 0) is 92.3 Å². The van der Waals surface area contributed by atoms with E-state index >= 15 is 0 Å². The quantitative estimate of drug-likeness (QED) is 0.554. The highest BCUT2D eigenvalue weighted by Crippen LogP contribution is 2.62. The molecular formula is C26H44O. The van der Waals surface area contributed by atoms with E-state index in [2.05, 4.69) is 0 Å². The summed E-state index contributed by atoms with van der Waals surface area (Å²) in [6.45, 7) is 0. The molecule has 154 valence electrons. The molecule has 1 nitrogen and oxygen atoms in total. The highest BCUT2D eigenvalue weighted by Gasteiger charge is 2.54. The lowest BCUT2D eigenvalue weighted by Crippen LogP contribution is -2.53. The molecule has 0 saturated heterocycles. The first-order valence-corrected chi connectivity index (χ1v) is 13.0. The summed E-state index contributed by atoms with van der Waals surface area (Å²) in [6.07, 6.45) is 24.9. The third kappa shape index (κ3) is 3.64. The molecule has 27 heavy (non-hydrogen) atoms. The molecule has 6 unspecified atom stereocenters. The third-order valence-electron chi connectivity index (χ3n) is 10.2. The highest BCUT2D eigenvalue weighted by molar-refractivity contribution is 5.03. The van der Waals surface area contributed by atoms with Crippen LogP contribution in [0.2, 0.25) is 0 Å². The number of hydrogen-bond donors (Lipinski definition) is 1. The predicted octanol–water partition coefficient (Wildman–Crippen LogP) is 6.98. The Hall–Kier alpha value is -0.0400. The monoisotopic (exact) mass is 372 g/mol. The first-order valence-electron chi connectivity index (χ1n) is 13.0. The zero-order chi connectivity index (χ0) is 18.2. The molecule has 0 aliphatic heterocycles. The molecular weight excluding hydrogens is 328 g/mol. The van der Waals surface area contributed by atoms with Crippen LogP contribution in [0.4, 0.5) is 0 Å². The maximum Gasteiger partial charge on any atom is 0.0543 e. The van der Waals surface area contributed by atoms with Gasteiger partial charge in [0.05, 0.1) is 6.10 Å². The van der Waals surface area contributed by atoms with Gasteiger partial charge in [0.1, 0.15) is 0 Å². The standard InChI is InChI=1S/C26H44O/c27-20-12-8-11-19(17-20)26-23-15-6-4-13-21(23)25(18-9-2-1-3-10-18)22-14-5-7-16-24(22)26/h18-27H,1-17H2. The van der Waals surface area contributed by atoms with Gasteiger partial charge < -0.3 is 5.11 Å². The van der Waals surface area contributed by atoms with E-state index in [0.29, 0.717) is 0 Å². The lowest BCUT2D eigenvalue weighted by Gasteiger charge is -2.60. The molecule has 0 aromatic rings. The largest absolute Gasteiger partial charge is 0.393 e. The number of rotatable bonds is 2. The van der Waals surface area contributed by atoms with Crippen molar-refractivity contribution in [3.05, 3.63) is 0 Å². The van der Waals surface area contributed by atoms with Crippen LogP contribution >= 0.6 is 0 Å². The van der Waals surface area contributed by atoms with E-state index in [1.54, 1.807) is 25.7 Å². The van der Waals surface area contributed by atoms with E-state index in [-0.39, 0.29) is 6.10 Å². The van der Waals surface area contributed by atoms with Gasteiger partial charge in [0, 0.05) is 0 Å². The van der Waals surface area contributed by atoms with Gasteiger partial charge in [0.15, 0.2) is 0 Å². The van der Waals surface area contributed by atoms with Crippen molar-refractivity contribution < 1.29 is 5.11 Å². The van der Waals surface area contributed by atoms with Gasteiger partial charge in [-0.15, -0.1) is 0 Å². The summed E-state index contributed by atoms with van der Waals surface area (Å²) >= 11 is 0. The van der Waals surface area contributed by atoms with Crippen LogP contribution in [0.1, 0.15) is 109 Å². The SMILES string of the molecule is OC1CCCC(C2C3CCCCC3C(C3CCCCC3)C3CCCCC32)C1. The average Bonchev–Trinajstić information content (AvgIpc) is 2.72. The molecule has 1 N–H and O–H groups in total. The summed E-state index contributed by atoms with van der Waals surface area (Å²) in [5.74, 6) is 8.18. The molecule has 5 rings (SSSR count). The van der Waals surface area contributed by atoms with Crippen molar-refractivity contribution in [1.29, 1.82) is 0 Å². The van der Waals surface area contributed by atoms with Crippen LogP contribution in [-0.4, -0.2) is 11.2 Å². The predicted molar refractivity (Wildman–Crippen MR) is 112 cm³/mol. The maximum absolute atomic E-state index is 10.5. The van der Waals surface area contributed by atoms with Gasteiger partial charge in [0.25, 0.3) is 0 Å². The van der Waals surface area contributed by atoms with Crippen molar-refractivity contribution in [3.8, 4) is 0 Å². The average molecular weight is 373 g/mol. The maximum atomic E-state index is 10.5. The molecule has 0 spiro atoms. The van der Waals surface area contributed by atoms with Crippen molar-refractivity contribution in [1.82, 2.24) is 0 Å². The Morgan fingerprint density at radius 1 is 0.407 bits per heavy atom. The molecule has 0 radical (unpaired) electrons. The van der Waals surface area contributed by atoms with Gasteiger partial charge in [-0.25, -0.2) is 0 Å². The molecule has 0 bridgehead atoms. The van der Waals surface area contributed by atoms with Crippen molar-refractivity contribution in [3.63, 3.8) is 0 Å². The minimum absolute atomic E-state index is 0.0175. The van der Waals surface area contributed by atoms with Crippen LogP contribution in [0.3, 0.4) is 0 Å². The van der Waals surface area contributed by atoms with Crippen molar-refractivity contribution in [2.75, 3.05) is 0 Å². The Morgan fingerprint density at radius 2 is 0.852 bits per heavy atom. The Bertz CT molecular complexity index is 457. The Kier molecular flexibility index (Phi) is 5.88. The van der Waals surface area contributed by atoms with Crippen LogP contribution < -0.4 is 0 Å². The third-order valence-corrected chi connectivity index (χ3v) is 10.2. The van der Waals surface area contributed by atoms with E-state index in [0.717, 1.165) is 60.2 Å². The Labute approximate surface area is 168 Å². The van der Waals surface area contributed by atoms with E-state index in [1.807, 2.05) is 0 Å². The smallest absolute Gasteiger partial charge is 0.0543 e. The minimum atomic E-state index is 0.0175. The Balaban J connectivity index is 1.46. The summed E-state index contributed by atoms with van der Waals surface area (Å²) < 4.78 is 0. The number of fused-ring (bicyclic) bond motifs is 2. The second kappa shape index (κ2) is 8.37. The van der Waals surface area contributed by atoms with Gasteiger partial charge in [-0.3, -0.25) is 0 Å². The van der Waals surface area contributed by atoms with E-state index in [9.17, 15) is 5.11 Å². The van der Waals surface area contributed by atoms with Gasteiger partial charge in [-0.1, -0.05) is 64.2 Å². The molecule has 5 saturated carbocycles. The molecule has 1 heteroatoms. The van der Waals surface area contributed by atoms with Crippen molar-refractivity contribution in [2.24, 2.45) is 47.3 Å². The first-order chi connectivity index (χ1) is 13.3. The van der Waals surface area contributed by atoms with Crippen LogP contribution in [0.5, 0.6) is 0 Å². The Morgan fingerprint density at radius 3 is 1.37 bits per heavy atom. The van der Waals surface area contributed by atoms with Crippen LogP contribution in [-0.2, 0) is 0 Å². The second-order valence-electron chi connectivity index (χ2n) is 11.4.